The van der Waals surface area contributed by atoms with Crippen LogP contribution < -0.4 is 0 Å². The minimum Gasteiger partial charge on any atom is -0.371 e. The summed E-state index contributed by atoms with van der Waals surface area (Å²) in [5.74, 6) is 0. The van der Waals surface area contributed by atoms with Crippen LogP contribution in [0.15, 0.2) is 36.8 Å². The normalized spacial score (nSPS) is 24.8. The van der Waals surface area contributed by atoms with Crippen LogP contribution in [0.5, 0.6) is 0 Å². The van der Waals surface area contributed by atoms with Gasteiger partial charge in [-0.1, -0.05) is 12.6 Å². The molecule has 0 N–H and O–H groups in total. The first-order valence-electron chi connectivity index (χ1n) is 5.56. The van der Waals surface area contributed by atoms with E-state index < -0.39 is 7.00 Å². The van der Waals surface area contributed by atoms with E-state index in [1.165, 1.54) is 0 Å². The highest BCUT2D eigenvalue weighted by Gasteiger charge is 2.24. The molecule has 1 aliphatic rings. The molecular formula is C11H14N2. The van der Waals surface area contributed by atoms with Gasteiger partial charge in [0.15, 0.2) is 0 Å². The molecule has 0 aliphatic carbocycles. The standard InChI is InChI=1S/C11H14N2/c1-9-5-6-11(13(9)2)10-4-3-7-12-8-10/h3-4,7-8,11H,1,5-6H2,2H3/i2D2. The Hall–Kier alpha value is -1.31. The van der Waals surface area contributed by atoms with Crippen LogP contribution in [0.3, 0.4) is 0 Å². The van der Waals surface area contributed by atoms with Crippen LogP contribution in [0, 0.1) is 0 Å². The SMILES string of the molecule is [2H]C([2H])N1C(=C)CCC1c1cccnc1. The zero-order valence-electron chi connectivity index (χ0n) is 9.48. The van der Waals surface area contributed by atoms with Gasteiger partial charge in [0.1, 0.15) is 0 Å². The first-order valence-corrected chi connectivity index (χ1v) is 4.40. The topological polar surface area (TPSA) is 16.1 Å². The highest BCUT2D eigenvalue weighted by molar-refractivity contribution is 5.19. The second kappa shape index (κ2) is 3.21. The van der Waals surface area contributed by atoms with Gasteiger partial charge in [0.05, 0.1) is 6.04 Å². The number of hydrogen-bond donors (Lipinski definition) is 0. The molecule has 1 fully saturated rings. The lowest BCUT2D eigenvalue weighted by atomic mass is 10.1. The van der Waals surface area contributed by atoms with Crippen LogP contribution in [0.25, 0.3) is 0 Å². The summed E-state index contributed by atoms with van der Waals surface area (Å²) < 4.78 is 15.0. The summed E-state index contributed by atoms with van der Waals surface area (Å²) in [6.07, 6.45) is 5.34. The van der Waals surface area contributed by atoms with E-state index in [0.717, 1.165) is 24.1 Å². The minimum atomic E-state index is -0.981. The van der Waals surface area contributed by atoms with E-state index in [-0.39, 0.29) is 6.04 Å². The van der Waals surface area contributed by atoms with Crippen molar-refractivity contribution in [2.75, 3.05) is 7.00 Å². The van der Waals surface area contributed by atoms with E-state index in [2.05, 4.69) is 11.6 Å². The highest BCUT2D eigenvalue weighted by Crippen LogP contribution is 2.35. The summed E-state index contributed by atoms with van der Waals surface area (Å²) in [6.45, 7) is 2.92. The average Bonchev–Trinajstić information content (AvgIpc) is 2.61. The lowest BCUT2D eigenvalue weighted by Crippen LogP contribution is -2.15. The van der Waals surface area contributed by atoms with Gasteiger partial charge in [-0.3, -0.25) is 4.98 Å². The summed E-state index contributed by atoms with van der Waals surface area (Å²) in [6, 6.07) is 3.98. The Morgan fingerprint density at radius 1 is 1.77 bits per heavy atom. The molecule has 0 aromatic carbocycles. The summed E-state index contributed by atoms with van der Waals surface area (Å²) in [5, 5.41) is 0. The predicted octanol–water partition coefficient (Wildman–Crippen LogP) is 2.36. The van der Waals surface area contributed by atoms with E-state index in [0.29, 0.717) is 0 Å². The Kier molecular flexibility index (Phi) is 1.53. The van der Waals surface area contributed by atoms with E-state index in [1.807, 2.05) is 12.1 Å². The molecule has 2 nitrogen and oxygen atoms in total. The van der Waals surface area contributed by atoms with Gasteiger partial charge in [-0.25, -0.2) is 0 Å². The van der Waals surface area contributed by atoms with Gasteiger partial charge >= 0.3 is 0 Å². The second-order valence-electron chi connectivity index (χ2n) is 3.31. The number of pyridine rings is 1. The van der Waals surface area contributed by atoms with Crippen molar-refractivity contribution in [1.82, 2.24) is 9.88 Å². The molecule has 2 heterocycles. The first kappa shape index (κ1) is 6.19. The van der Waals surface area contributed by atoms with Crippen molar-refractivity contribution in [1.29, 1.82) is 0 Å². The van der Waals surface area contributed by atoms with Crippen LogP contribution in [0.4, 0.5) is 0 Å². The minimum absolute atomic E-state index is 0.103. The lowest BCUT2D eigenvalue weighted by Gasteiger charge is -2.22. The van der Waals surface area contributed by atoms with E-state index in [1.54, 1.807) is 17.3 Å². The molecule has 0 bridgehead atoms. The molecule has 1 aromatic heterocycles. The fraction of sp³-hybridized carbons (Fsp3) is 0.364. The molecule has 1 aliphatic heterocycles. The molecule has 2 rings (SSSR count). The highest BCUT2D eigenvalue weighted by atomic mass is 15.2. The van der Waals surface area contributed by atoms with Crippen molar-refractivity contribution in [3.05, 3.63) is 42.4 Å². The molecule has 0 radical (unpaired) electrons. The number of hydrogen-bond acceptors (Lipinski definition) is 2. The lowest BCUT2D eigenvalue weighted by molar-refractivity contribution is 0.361. The smallest absolute Gasteiger partial charge is 0.0554 e. The fourth-order valence-corrected chi connectivity index (χ4v) is 1.69. The molecule has 1 saturated heterocycles. The number of rotatable bonds is 1. The first-order chi connectivity index (χ1) is 7.20. The molecule has 68 valence electrons. The van der Waals surface area contributed by atoms with Gasteiger partial charge in [0.25, 0.3) is 0 Å². The largest absolute Gasteiger partial charge is 0.371 e. The maximum atomic E-state index is 7.50. The van der Waals surface area contributed by atoms with Crippen molar-refractivity contribution < 1.29 is 2.74 Å². The van der Waals surface area contributed by atoms with Gasteiger partial charge in [-0.15, -0.1) is 0 Å². The predicted molar refractivity (Wildman–Crippen MR) is 53.1 cm³/mol. The van der Waals surface area contributed by atoms with Crippen LogP contribution in [0.1, 0.15) is 27.2 Å². The molecule has 0 amide bonds. The van der Waals surface area contributed by atoms with Crippen molar-refractivity contribution in [2.24, 2.45) is 0 Å². The van der Waals surface area contributed by atoms with E-state index >= 15 is 0 Å². The Morgan fingerprint density at radius 2 is 2.69 bits per heavy atom. The van der Waals surface area contributed by atoms with Crippen LogP contribution in [-0.2, 0) is 0 Å². The van der Waals surface area contributed by atoms with Crippen molar-refractivity contribution in [3.63, 3.8) is 0 Å². The number of allylic oxidation sites excluding steroid dienone is 1. The molecule has 1 unspecified atom stereocenters. The third-order valence-corrected chi connectivity index (χ3v) is 2.48. The molecule has 2 heteroatoms. The molecular weight excluding hydrogens is 160 g/mol. The Labute approximate surface area is 81.7 Å². The summed E-state index contributed by atoms with van der Waals surface area (Å²) in [4.78, 5) is 5.82. The van der Waals surface area contributed by atoms with Gasteiger partial charge < -0.3 is 4.90 Å². The third-order valence-electron chi connectivity index (χ3n) is 2.48. The van der Waals surface area contributed by atoms with Gasteiger partial charge in [0, 0.05) is 27.8 Å². The van der Waals surface area contributed by atoms with Crippen LogP contribution in [-0.4, -0.2) is 16.9 Å². The fourth-order valence-electron chi connectivity index (χ4n) is 1.69. The maximum absolute atomic E-state index is 7.50. The molecule has 13 heavy (non-hydrogen) atoms. The second-order valence-corrected chi connectivity index (χ2v) is 3.31. The third kappa shape index (κ3) is 1.44. The van der Waals surface area contributed by atoms with Gasteiger partial charge in [0.2, 0.25) is 0 Å². The zero-order valence-corrected chi connectivity index (χ0v) is 7.48. The van der Waals surface area contributed by atoms with Crippen molar-refractivity contribution >= 4 is 0 Å². The number of nitrogens with zero attached hydrogens (tertiary/aromatic N) is 2. The van der Waals surface area contributed by atoms with Gasteiger partial charge in [-0.2, -0.15) is 0 Å². The quantitative estimate of drug-likeness (QED) is 0.653. The van der Waals surface area contributed by atoms with E-state index in [9.17, 15) is 0 Å². The molecule has 0 saturated carbocycles. The molecule has 1 aromatic rings. The molecule has 0 spiro atoms. The van der Waals surface area contributed by atoms with E-state index in [4.69, 9.17) is 2.74 Å². The van der Waals surface area contributed by atoms with Crippen LogP contribution in [0.2, 0.25) is 0 Å². The van der Waals surface area contributed by atoms with Crippen molar-refractivity contribution in [2.45, 2.75) is 18.9 Å². The Balaban J connectivity index is 2.26. The van der Waals surface area contributed by atoms with Crippen LogP contribution >= 0.6 is 0 Å². The Bertz CT molecular complexity index is 351. The monoisotopic (exact) mass is 176 g/mol. The molecule has 1 atom stereocenters. The summed E-state index contributed by atoms with van der Waals surface area (Å²) >= 11 is 0. The summed E-state index contributed by atoms with van der Waals surface area (Å²) in [7, 11) is 0. The maximum Gasteiger partial charge on any atom is 0.0554 e. The van der Waals surface area contributed by atoms with Gasteiger partial charge in [-0.05, 0) is 24.5 Å². The number of aromatic nitrogens is 1. The Morgan fingerprint density at radius 3 is 3.38 bits per heavy atom. The summed E-state index contributed by atoms with van der Waals surface area (Å²) in [5.41, 5.74) is 1.96. The zero-order chi connectivity index (χ0) is 10.8. The number of likely N-dealkylation sites (tertiary alicyclic amines) is 1. The van der Waals surface area contributed by atoms with Crippen molar-refractivity contribution in [3.8, 4) is 0 Å². The average molecular weight is 176 g/mol.